The van der Waals surface area contributed by atoms with E-state index in [1.54, 1.807) is 6.07 Å². The van der Waals surface area contributed by atoms with Crippen molar-refractivity contribution in [2.24, 2.45) is 0 Å². The Labute approximate surface area is 101 Å². The first-order chi connectivity index (χ1) is 8.08. The number of aromatic carboxylic acids is 1. The average molecular weight is 252 g/mol. The molecule has 2 rings (SSSR count). The Morgan fingerprint density at radius 1 is 1.24 bits per heavy atom. The number of carboxylic acid groups (broad SMARTS) is 1. The summed E-state index contributed by atoms with van der Waals surface area (Å²) >= 11 is 5.82. The minimum absolute atomic E-state index is 0.0137. The van der Waals surface area contributed by atoms with E-state index < -0.39 is 11.8 Å². The second-order valence-corrected chi connectivity index (χ2v) is 3.80. The number of rotatable bonds is 2. The van der Waals surface area contributed by atoms with Crippen LogP contribution in [-0.4, -0.2) is 16.1 Å². The summed E-state index contributed by atoms with van der Waals surface area (Å²) in [7, 11) is 0. The zero-order valence-electron chi connectivity index (χ0n) is 8.52. The van der Waals surface area contributed by atoms with Crippen molar-refractivity contribution in [2.45, 2.75) is 0 Å². The molecule has 0 unspecified atom stereocenters. The van der Waals surface area contributed by atoms with Gasteiger partial charge in [-0.15, -0.1) is 0 Å². The molecule has 1 aromatic heterocycles. The molecule has 0 bridgehead atoms. The van der Waals surface area contributed by atoms with Gasteiger partial charge in [0.25, 0.3) is 0 Å². The largest absolute Gasteiger partial charge is 0.478 e. The quantitative estimate of drug-likeness (QED) is 0.891. The van der Waals surface area contributed by atoms with Crippen molar-refractivity contribution in [1.29, 1.82) is 0 Å². The maximum absolute atomic E-state index is 13.0. The Morgan fingerprint density at radius 2 is 2.00 bits per heavy atom. The van der Waals surface area contributed by atoms with E-state index in [0.29, 0.717) is 11.1 Å². The molecule has 0 aliphatic rings. The molecule has 1 aromatic carbocycles. The number of hydrogen-bond acceptors (Lipinski definition) is 2. The zero-order valence-corrected chi connectivity index (χ0v) is 9.28. The van der Waals surface area contributed by atoms with Gasteiger partial charge < -0.3 is 5.11 Å². The van der Waals surface area contributed by atoms with Gasteiger partial charge in [0.2, 0.25) is 0 Å². The maximum atomic E-state index is 13.0. The molecule has 0 saturated heterocycles. The molecule has 1 N–H and O–H groups in total. The molecule has 0 aliphatic heterocycles. The third-order valence-electron chi connectivity index (χ3n) is 2.24. The monoisotopic (exact) mass is 251 g/mol. The van der Waals surface area contributed by atoms with Gasteiger partial charge in [0, 0.05) is 11.8 Å². The van der Waals surface area contributed by atoms with E-state index in [1.807, 2.05) is 0 Å². The van der Waals surface area contributed by atoms with E-state index >= 15 is 0 Å². The molecule has 3 nitrogen and oxygen atoms in total. The smallest absolute Gasteiger partial charge is 0.337 e. The van der Waals surface area contributed by atoms with Gasteiger partial charge in [0.1, 0.15) is 5.82 Å². The molecule has 0 saturated carbocycles. The predicted molar refractivity (Wildman–Crippen MR) is 61.6 cm³/mol. The van der Waals surface area contributed by atoms with Crippen LogP contribution in [0.3, 0.4) is 0 Å². The number of carboxylic acids is 1. The predicted octanol–water partition coefficient (Wildman–Crippen LogP) is 3.24. The molecule has 0 spiro atoms. The molecular weight excluding hydrogens is 245 g/mol. The molecule has 17 heavy (non-hydrogen) atoms. The van der Waals surface area contributed by atoms with Crippen LogP contribution in [0.1, 0.15) is 10.4 Å². The fourth-order valence-electron chi connectivity index (χ4n) is 1.44. The molecule has 0 aliphatic carbocycles. The van der Waals surface area contributed by atoms with Crippen LogP contribution < -0.4 is 0 Å². The van der Waals surface area contributed by atoms with Crippen molar-refractivity contribution in [2.75, 3.05) is 0 Å². The highest BCUT2D eigenvalue weighted by atomic mass is 35.5. The molecule has 5 heteroatoms. The van der Waals surface area contributed by atoms with E-state index in [0.717, 1.165) is 6.20 Å². The molecule has 0 fully saturated rings. The van der Waals surface area contributed by atoms with Crippen LogP contribution in [0.4, 0.5) is 4.39 Å². The summed E-state index contributed by atoms with van der Waals surface area (Å²) in [5.74, 6) is -1.56. The topological polar surface area (TPSA) is 50.2 Å². The summed E-state index contributed by atoms with van der Waals surface area (Å²) in [4.78, 5) is 14.5. The highest BCUT2D eigenvalue weighted by Crippen LogP contribution is 2.25. The summed E-state index contributed by atoms with van der Waals surface area (Å²) in [6.45, 7) is 0. The SMILES string of the molecule is O=C(O)c1ccc(-c2cncc(F)c2)cc1Cl. The lowest BCUT2D eigenvalue weighted by Crippen LogP contribution is -1.97. The molecule has 86 valence electrons. The number of hydrogen-bond donors (Lipinski definition) is 1. The lowest BCUT2D eigenvalue weighted by molar-refractivity contribution is 0.0697. The summed E-state index contributed by atoms with van der Waals surface area (Å²) < 4.78 is 13.0. The zero-order chi connectivity index (χ0) is 12.4. The van der Waals surface area contributed by atoms with E-state index in [-0.39, 0.29) is 10.6 Å². The lowest BCUT2D eigenvalue weighted by Gasteiger charge is -2.04. The second kappa shape index (κ2) is 4.51. The van der Waals surface area contributed by atoms with Crippen LogP contribution in [0.5, 0.6) is 0 Å². The molecular formula is C12H7ClFNO2. The lowest BCUT2D eigenvalue weighted by atomic mass is 10.1. The van der Waals surface area contributed by atoms with Crippen molar-refractivity contribution in [3.05, 3.63) is 53.1 Å². The van der Waals surface area contributed by atoms with Crippen molar-refractivity contribution >= 4 is 17.6 Å². The van der Waals surface area contributed by atoms with Gasteiger partial charge >= 0.3 is 5.97 Å². The Hall–Kier alpha value is -1.94. The van der Waals surface area contributed by atoms with E-state index in [4.69, 9.17) is 16.7 Å². The second-order valence-electron chi connectivity index (χ2n) is 3.39. The van der Waals surface area contributed by atoms with Crippen molar-refractivity contribution in [1.82, 2.24) is 4.98 Å². The van der Waals surface area contributed by atoms with Gasteiger partial charge in [-0.1, -0.05) is 17.7 Å². The number of aromatic nitrogens is 1. The summed E-state index contributed by atoms with van der Waals surface area (Å²) in [5.41, 5.74) is 1.18. The maximum Gasteiger partial charge on any atom is 0.337 e. The van der Waals surface area contributed by atoms with Crippen LogP contribution >= 0.6 is 11.6 Å². The number of benzene rings is 1. The Morgan fingerprint density at radius 3 is 2.59 bits per heavy atom. The van der Waals surface area contributed by atoms with E-state index in [1.165, 1.54) is 24.4 Å². The molecule has 0 amide bonds. The number of pyridine rings is 1. The number of nitrogens with zero attached hydrogens (tertiary/aromatic N) is 1. The number of carbonyl (C=O) groups is 1. The third-order valence-corrected chi connectivity index (χ3v) is 2.55. The fourth-order valence-corrected chi connectivity index (χ4v) is 1.70. The summed E-state index contributed by atoms with van der Waals surface area (Å²) in [6.07, 6.45) is 2.58. The third kappa shape index (κ3) is 2.42. The van der Waals surface area contributed by atoms with Crippen LogP contribution in [-0.2, 0) is 0 Å². The Balaban J connectivity index is 2.48. The summed E-state index contributed by atoms with van der Waals surface area (Å²) in [5, 5.41) is 8.92. The van der Waals surface area contributed by atoms with Crippen LogP contribution in [0, 0.1) is 5.82 Å². The van der Waals surface area contributed by atoms with Gasteiger partial charge in [-0.3, -0.25) is 4.98 Å². The highest BCUT2D eigenvalue weighted by Gasteiger charge is 2.10. The van der Waals surface area contributed by atoms with Crippen molar-refractivity contribution in [3.8, 4) is 11.1 Å². The van der Waals surface area contributed by atoms with Crippen molar-refractivity contribution in [3.63, 3.8) is 0 Å². The van der Waals surface area contributed by atoms with E-state index in [9.17, 15) is 9.18 Å². The van der Waals surface area contributed by atoms with Crippen molar-refractivity contribution < 1.29 is 14.3 Å². The highest BCUT2D eigenvalue weighted by molar-refractivity contribution is 6.33. The number of halogens is 2. The fraction of sp³-hybridized carbons (Fsp3) is 0. The average Bonchev–Trinajstić information content (AvgIpc) is 2.28. The minimum Gasteiger partial charge on any atom is -0.478 e. The van der Waals surface area contributed by atoms with Gasteiger partial charge in [0.05, 0.1) is 16.8 Å². The van der Waals surface area contributed by atoms with Crippen LogP contribution in [0.25, 0.3) is 11.1 Å². The first-order valence-corrected chi connectivity index (χ1v) is 5.09. The van der Waals surface area contributed by atoms with E-state index in [2.05, 4.69) is 4.98 Å². The van der Waals surface area contributed by atoms with Crippen LogP contribution in [0.15, 0.2) is 36.7 Å². The minimum atomic E-state index is -1.10. The van der Waals surface area contributed by atoms with Crippen LogP contribution in [0.2, 0.25) is 5.02 Å². The standard InChI is InChI=1S/C12H7ClFNO2/c13-11-4-7(1-2-10(11)12(16)17)8-3-9(14)6-15-5-8/h1-6H,(H,16,17). The first-order valence-electron chi connectivity index (χ1n) is 4.71. The van der Waals surface area contributed by atoms with Gasteiger partial charge in [0.15, 0.2) is 0 Å². The van der Waals surface area contributed by atoms with Gasteiger partial charge in [-0.05, 0) is 23.8 Å². The molecule has 1 heterocycles. The van der Waals surface area contributed by atoms with Gasteiger partial charge in [-0.25, -0.2) is 9.18 Å². The molecule has 0 atom stereocenters. The summed E-state index contributed by atoms with van der Waals surface area (Å²) in [6, 6.07) is 5.72. The molecule has 0 radical (unpaired) electrons. The Kier molecular flexibility index (Phi) is 3.06. The normalized spacial score (nSPS) is 10.2. The Bertz CT molecular complexity index is 586. The van der Waals surface area contributed by atoms with Gasteiger partial charge in [-0.2, -0.15) is 0 Å². The first kappa shape index (κ1) is 11.5. The molecule has 2 aromatic rings.